The first-order valence-corrected chi connectivity index (χ1v) is 16.6. The van der Waals surface area contributed by atoms with Crippen molar-refractivity contribution in [2.24, 2.45) is 5.41 Å². The van der Waals surface area contributed by atoms with E-state index in [1.807, 2.05) is 0 Å². The van der Waals surface area contributed by atoms with Crippen molar-refractivity contribution in [2.45, 2.75) is 45.0 Å². The molecule has 2 atom stereocenters. The van der Waals surface area contributed by atoms with Gasteiger partial charge in [-0.05, 0) is 36.8 Å². The monoisotopic (exact) mass is 743 g/mol. The molecule has 0 saturated carbocycles. The average molecular weight is 744 g/mol. The Balaban J connectivity index is 0.975. The van der Waals surface area contributed by atoms with Gasteiger partial charge in [-0.15, -0.1) is 0 Å². The molecule has 3 heterocycles. The number of anilines is 1. The number of benzene rings is 2. The van der Waals surface area contributed by atoms with E-state index >= 15 is 0 Å². The van der Waals surface area contributed by atoms with Gasteiger partial charge in [-0.1, -0.05) is 19.9 Å². The molecule has 2 aromatic carbocycles. The fourth-order valence-corrected chi connectivity index (χ4v) is 6.20. The van der Waals surface area contributed by atoms with E-state index < -0.39 is 70.3 Å². The van der Waals surface area contributed by atoms with Gasteiger partial charge in [0.15, 0.2) is 6.10 Å². The van der Waals surface area contributed by atoms with E-state index in [0.717, 1.165) is 17.0 Å². The standard InChI is InChI=1S/C35H36F3N5O10/c1-34(2)19-42(33(49)29(34)53-21-7-6-20(17-39)23(16-21)35(36,37)38)10-11-50-12-13-51-14-15-52-18-27(45)40-24-5-3-4-22-28(24)32(48)43(31(22)47)25-8-9-26(44)41-30(25)46/h3-7,16,25,29H,8-15,18-19H2,1-2H3,(H,40,45)(H,41,44,46). The van der Waals surface area contributed by atoms with Crippen molar-refractivity contribution in [3.63, 3.8) is 0 Å². The van der Waals surface area contributed by atoms with Gasteiger partial charge in [0.25, 0.3) is 17.7 Å². The lowest BCUT2D eigenvalue weighted by molar-refractivity contribution is -0.138. The number of hydrogen-bond donors (Lipinski definition) is 2. The molecule has 3 aliphatic rings. The summed E-state index contributed by atoms with van der Waals surface area (Å²) in [6, 6.07) is 7.66. The molecule has 2 fully saturated rings. The number of fused-ring (bicyclic) bond motifs is 1. The molecule has 2 N–H and O–H groups in total. The number of amides is 6. The Morgan fingerprint density at radius 3 is 2.38 bits per heavy atom. The zero-order chi connectivity index (χ0) is 38.5. The number of likely N-dealkylation sites (tertiary alicyclic amines) is 1. The SMILES string of the molecule is CC1(C)CN(CCOCCOCCOCC(=O)Nc2cccc3c2C(=O)N(C2CCC(=O)NC2=O)C3=O)C(=O)C1Oc1ccc(C#N)c(C(F)(F)F)c1. The van der Waals surface area contributed by atoms with Crippen LogP contribution < -0.4 is 15.4 Å². The molecular weight excluding hydrogens is 707 g/mol. The molecule has 2 aromatic rings. The number of nitrogens with zero attached hydrogens (tertiary/aromatic N) is 3. The molecule has 0 radical (unpaired) electrons. The summed E-state index contributed by atoms with van der Waals surface area (Å²) in [5, 5.41) is 13.7. The Morgan fingerprint density at radius 1 is 1.00 bits per heavy atom. The summed E-state index contributed by atoms with van der Waals surface area (Å²) in [4.78, 5) is 77.9. The van der Waals surface area contributed by atoms with Crippen LogP contribution in [0.25, 0.3) is 0 Å². The van der Waals surface area contributed by atoms with Gasteiger partial charge < -0.3 is 29.2 Å². The van der Waals surface area contributed by atoms with Gasteiger partial charge in [0.2, 0.25) is 17.7 Å². The fourth-order valence-electron chi connectivity index (χ4n) is 6.20. The predicted molar refractivity (Wildman–Crippen MR) is 175 cm³/mol. The third kappa shape index (κ3) is 8.81. The number of alkyl halides is 3. The highest BCUT2D eigenvalue weighted by Gasteiger charge is 2.48. The zero-order valence-corrected chi connectivity index (χ0v) is 28.7. The predicted octanol–water partition coefficient (Wildman–Crippen LogP) is 2.28. The number of carbonyl (C=O) groups excluding carboxylic acids is 6. The lowest BCUT2D eigenvalue weighted by atomic mass is 9.89. The van der Waals surface area contributed by atoms with Crippen molar-refractivity contribution in [1.82, 2.24) is 15.1 Å². The van der Waals surface area contributed by atoms with Gasteiger partial charge in [0.05, 0.1) is 67.0 Å². The van der Waals surface area contributed by atoms with Crippen LogP contribution in [-0.2, 0) is 39.6 Å². The average Bonchev–Trinajstić information content (AvgIpc) is 3.48. The minimum absolute atomic E-state index is 0.000962. The molecule has 15 nitrogen and oxygen atoms in total. The first-order chi connectivity index (χ1) is 25.1. The summed E-state index contributed by atoms with van der Waals surface area (Å²) in [5.74, 6) is -3.87. The van der Waals surface area contributed by atoms with E-state index in [1.54, 1.807) is 13.8 Å². The molecule has 0 aliphatic carbocycles. The molecule has 18 heteroatoms. The number of halogens is 3. The van der Waals surface area contributed by atoms with Crippen LogP contribution >= 0.6 is 0 Å². The maximum Gasteiger partial charge on any atom is 0.417 e. The van der Waals surface area contributed by atoms with Crippen LogP contribution in [-0.4, -0.2) is 110 Å². The minimum atomic E-state index is -4.76. The van der Waals surface area contributed by atoms with Crippen molar-refractivity contribution in [1.29, 1.82) is 5.26 Å². The van der Waals surface area contributed by atoms with E-state index in [2.05, 4.69) is 10.6 Å². The number of hydrogen-bond acceptors (Lipinski definition) is 11. The summed E-state index contributed by atoms with van der Waals surface area (Å²) in [6.45, 7) is 4.31. The molecule has 0 bridgehead atoms. The number of ether oxygens (including phenoxy) is 4. The van der Waals surface area contributed by atoms with Crippen molar-refractivity contribution in [2.75, 3.05) is 58.0 Å². The third-order valence-corrected chi connectivity index (χ3v) is 8.74. The number of imide groups is 2. The Hall–Kier alpha value is -5.38. The first-order valence-electron chi connectivity index (χ1n) is 16.6. The summed E-state index contributed by atoms with van der Waals surface area (Å²) >= 11 is 0. The highest BCUT2D eigenvalue weighted by molar-refractivity contribution is 6.26. The minimum Gasteiger partial charge on any atom is -0.480 e. The van der Waals surface area contributed by atoms with Crippen molar-refractivity contribution < 1.29 is 60.9 Å². The number of rotatable bonds is 15. The third-order valence-electron chi connectivity index (χ3n) is 8.74. The lowest BCUT2D eigenvalue weighted by Crippen LogP contribution is -2.54. The topological polar surface area (TPSA) is 194 Å². The molecular formula is C35H36F3N5O10. The molecule has 6 amide bonds. The summed E-state index contributed by atoms with van der Waals surface area (Å²) in [7, 11) is 0. The second kappa shape index (κ2) is 16.1. The Kier molecular flexibility index (Phi) is 11.8. The molecule has 0 aromatic heterocycles. The van der Waals surface area contributed by atoms with Crippen LogP contribution in [0.3, 0.4) is 0 Å². The van der Waals surface area contributed by atoms with Crippen LogP contribution in [0, 0.1) is 16.7 Å². The molecule has 5 rings (SSSR count). The highest BCUT2D eigenvalue weighted by atomic mass is 19.4. The molecule has 282 valence electrons. The molecule has 0 spiro atoms. The summed E-state index contributed by atoms with van der Waals surface area (Å²) in [6.07, 6.45) is -5.83. The van der Waals surface area contributed by atoms with Gasteiger partial charge >= 0.3 is 6.18 Å². The van der Waals surface area contributed by atoms with Crippen LogP contribution in [0.15, 0.2) is 36.4 Å². The number of nitrogens with one attached hydrogen (secondary N) is 2. The lowest BCUT2D eigenvalue weighted by Gasteiger charge is -2.27. The maximum absolute atomic E-state index is 13.4. The van der Waals surface area contributed by atoms with Gasteiger partial charge in [-0.25, -0.2) is 0 Å². The summed E-state index contributed by atoms with van der Waals surface area (Å²) in [5.41, 5.74) is -2.37. The van der Waals surface area contributed by atoms with Gasteiger partial charge in [-0.3, -0.25) is 39.0 Å². The molecule has 53 heavy (non-hydrogen) atoms. The largest absolute Gasteiger partial charge is 0.480 e. The Labute approximate surface area is 301 Å². The van der Waals surface area contributed by atoms with Gasteiger partial charge in [-0.2, -0.15) is 18.4 Å². The Morgan fingerprint density at radius 2 is 1.70 bits per heavy atom. The van der Waals surface area contributed by atoms with E-state index in [-0.39, 0.29) is 88.1 Å². The van der Waals surface area contributed by atoms with Crippen molar-refractivity contribution in [3.8, 4) is 11.8 Å². The first kappa shape index (κ1) is 38.8. The Bertz CT molecular complexity index is 1840. The molecule has 3 aliphatic heterocycles. The normalized spacial score (nSPS) is 19.7. The second-order valence-corrected chi connectivity index (χ2v) is 13.1. The van der Waals surface area contributed by atoms with E-state index in [0.29, 0.717) is 0 Å². The summed E-state index contributed by atoms with van der Waals surface area (Å²) < 4.78 is 62.2. The fraction of sp³-hybridized carbons (Fsp3) is 0.457. The van der Waals surface area contributed by atoms with Crippen molar-refractivity contribution in [3.05, 3.63) is 58.7 Å². The highest BCUT2D eigenvalue weighted by Crippen LogP contribution is 2.38. The smallest absolute Gasteiger partial charge is 0.417 e. The number of nitriles is 1. The van der Waals surface area contributed by atoms with Crippen LogP contribution in [0.4, 0.5) is 18.9 Å². The molecule has 2 saturated heterocycles. The van der Waals surface area contributed by atoms with Gasteiger partial charge in [0, 0.05) is 24.9 Å². The van der Waals surface area contributed by atoms with Crippen LogP contribution in [0.1, 0.15) is 58.5 Å². The second-order valence-electron chi connectivity index (χ2n) is 13.1. The number of piperidine rings is 1. The van der Waals surface area contributed by atoms with Crippen LogP contribution in [0.2, 0.25) is 0 Å². The maximum atomic E-state index is 13.4. The quantitative estimate of drug-likeness (QED) is 0.201. The van der Waals surface area contributed by atoms with E-state index in [9.17, 15) is 41.9 Å². The number of carbonyl (C=O) groups is 6. The van der Waals surface area contributed by atoms with Crippen molar-refractivity contribution >= 4 is 41.1 Å². The zero-order valence-electron chi connectivity index (χ0n) is 28.7. The molecule has 2 unspecified atom stereocenters. The van der Waals surface area contributed by atoms with Crippen LogP contribution in [0.5, 0.6) is 5.75 Å². The van der Waals surface area contributed by atoms with E-state index in [1.165, 1.54) is 35.2 Å². The van der Waals surface area contributed by atoms with Gasteiger partial charge in [0.1, 0.15) is 18.4 Å². The van der Waals surface area contributed by atoms with E-state index in [4.69, 9.17) is 24.2 Å².